The van der Waals surface area contributed by atoms with Gasteiger partial charge in [0.15, 0.2) is 11.8 Å². The number of anilines is 1. The van der Waals surface area contributed by atoms with Gasteiger partial charge in [0.2, 0.25) is 0 Å². The Kier molecular flexibility index (Phi) is 6.98. The van der Waals surface area contributed by atoms with Crippen LogP contribution in [0.4, 0.5) is 5.69 Å². The molecule has 25 heavy (non-hydrogen) atoms. The standard InChI is InChI=1S/C18H17ClN2O4/c1-2-24-15-8-4-3-6-13(15)9-10-17(23)25-12-16(22)21-14-7-5-11-20-18(14)19/h3-11H,2,12H2,1H3,(H,21,22)/b10-9+. The molecule has 2 aromatic rings. The van der Waals surface area contributed by atoms with E-state index in [2.05, 4.69) is 10.3 Å². The van der Waals surface area contributed by atoms with Crippen molar-refractivity contribution >= 4 is 35.2 Å². The number of carbonyl (C=O) groups excluding carboxylic acids is 2. The Labute approximate surface area is 150 Å². The smallest absolute Gasteiger partial charge is 0.331 e. The molecule has 0 radical (unpaired) electrons. The van der Waals surface area contributed by atoms with Crippen molar-refractivity contribution in [2.24, 2.45) is 0 Å². The Bertz CT molecular complexity index is 777. The van der Waals surface area contributed by atoms with Crippen LogP contribution in [0.15, 0.2) is 48.7 Å². The molecule has 130 valence electrons. The first kappa shape index (κ1) is 18.5. The number of pyridine rings is 1. The summed E-state index contributed by atoms with van der Waals surface area (Å²) >= 11 is 5.83. The van der Waals surface area contributed by atoms with Gasteiger partial charge >= 0.3 is 5.97 Å². The van der Waals surface area contributed by atoms with E-state index >= 15 is 0 Å². The van der Waals surface area contributed by atoms with Crippen molar-refractivity contribution in [2.75, 3.05) is 18.5 Å². The summed E-state index contributed by atoms with van der Waals surface area (Å²) in [5.41, 5.74) is 1.10. The van der Waals surface area contributed by atoms with Gasteiger partial charge in [0, 0.05) is 17.8 Å². The summed E-state index contributed by atoms with van der Waals surface area (Å²) in [6, 6.07) is 10.5. The fraction of sp³-hybridized carbons (Fsp3) is 0.167. The van der Waals surface area contributed by atoms with E-state index in [0.717, 1.165) is 5.56 Å². The number of carbonyl (C=O) groups is 2. The second kappa shape index (κ2) is 9.44. The van der Waals surface area contributed by atoms with Crippen LogP contribution in [0.3, 0.4) is 0 Å². The number of nitrogens with one attached hydrogen (secondary N) is 1. The van der Waals surface area contributed by atoms with Gasteiger partial charge in [-0.3, -0.25) is 4.79 Å². The molecule has 0 spiro atoms. The first-order chi connectivity index (χ1) is 12.1. The van der Waals surface area contributed by atoms with Crippen LogP contribution in [0.1, 0.15) is 12.5 Å². The fourth-order valence-electron chi connectivity index (χ4n) is 1.91. The van der Waals surface area contributed by atoms with Crippen LogP contribution in [0.25, 0.3) is 6.08 Å². The van der Waals surface area contributed by atoms with Crippen molar-refractivity contribution in [1.29, 1.82) is 0 Å². The Morgan fingerprint density at radius 2 is 2.04 bits per heavy atom. The molecule has 0 saturated heterocycles. The van der Waals surface area contributed by atoms with E-state index in [1.165, 1.54) is 12.3 Å². The van der Waals surface area contributed by atoms with Gasteiger partial charge in [0.05, 0.1) is 12.3 Å². The highest BCUT2D eigenvalue weighted by atomic mass is 35.5. The van der Waals surface area contributed by atoms with E-state index in [9.17, 15) is 9.59 Å². The molecule has 0 aliphatic carbocycles. The molecule has 0 saturated carbocycles. The molecule has 0 aliphatic rings. The molecule has 1 amide bonds. The molecular formula is C18H17ClN2O4. The summed E-state index contributed by atoms with van der Waals surface area (Å²) in [5, 5.41) is 2.67. The zero-order valence-electron chi connectivity index (χ0n) is 13.6. The molecule has 2 rings (SSSR count). The normalized spacial score (nSPS) is 10.5. The second-order valence-corrected chi connectivity index (χ2v) is 5.16. The summed E-state index contributed by atoms with van der Waals surface area (Å²) in [4.78, 5) is 27.3. The van der Waals surface area contributed by atoms with Crippen LogP contribution < -0.4 is 10.1 Å². The minimum Gasteiger partial charge on any atom is -0.493 e. The number of rotatable bonds is 7. The van der Waals surface area contributed by atoms with Gasteiger partial charge < -0.3 is 14.8 Å². The summed E-state index contributed by atoms with van der Waals surface area (Å²) in [6.07, 6.45) is 4.31. The van der Waals surface area contributed by atoms with Crippen molar-refractivity contribution < 1.29 is 19.1 Å². The number of aromatic nitrogens is 1. The first-order valence-corrected chi connectivity index (χ1v) is 7.95. The number of hydrogen-bond donors (Lipinski definition) is 1. The SMILES string of the molecule is CCOc1ccccc1/C=C/C(=O)OCC(=O)Nc1cccnc1Cl. The van der Waals surface area contributed by atoms with E-state index < -0.39 is 18.5 Å². The zero-order valence-corrected chi connectivity index (χ0v) is 14.3. The van der Waals surface area contributed by atoms with Gasteiger partial charge in [0.1, 0.15) is 5.75 Å². The summed E-state index contributed by atoms with van der Waals surface area (Å²) in [6.45, 7) is 1.97. The molecular weight excluding hydrogens is 344 g/mol. The number of amides is 1. The van der Waals surface area contributed by atoms with E-state index in [0.29, 0.717) is 18.0 Å². The van der Waals surface area contributed by atoms with Crippen molar-refractivity contribution in [2.45, 2.75) is 6.92 Å². The molecule has 1 heterocycles. The quantitative estimate of drug-likeness (QED) is 0.465. The Morgan fingerprint density at radius 3 is 2.80 bits per heavy atom. The number of ether oxygens (including phenoxy) is 2. The van der Waals surface area contributed by atoms with Crippen molar-refractivity contribution in [1.82, 2.24) is 4.98 Å². The third kappa shape index (κ3) is 5.93. The van der Waals surface area contributed by atoms with Crippen LogP contribution in [0.5, 0.6) is 5.75 Å². The largest absolute Gasteiger partial charge is 0.493 e. The van der Waals surface area contributed by atoms with Crippen LogP contribution >= 0.6 is 11.6 Å². The molecule has 0 fully saturated rings. The minimum atomic E-state index is -0.640. The van der Waals surface area contributed by atoms with Gasteiger partial charge in [-0.1, -0.05) is 29.8 Å². The number of para-hydroxylation sites is 1. The lowest BCUT2D eigenvalue weighted by atomic mass is 10.2. The Hall–Kier alpha value is -2.86. The lowest BCUT2D eigenvalue weighted by Crippen LogP contribution is -2.20. The lowest BCUT2D eigenvalue weighted by Gasteiger charge is -2.07. The topological polar surface area (TPSA) is 77.5 Å². The summed E-state index contributed by atoms with van der Waals surface area (Å²) < 4.78 is 10.4. The predicted octanol–water partition coefficient (Wildman–Crippen LogP) is 3.33. The van der Waals surface area contributed by atoms with E-state index in [1.54, 1.807) is 24.3 Å². The molecule has 1 N–H and O–H groups in total. The molecule has 7 heteroatoms. The van der Waals surface area contributed by atoms with Gasteiger partial charge in [-0.15, -0.1) is 0 Å². The summed E-state index contributed by atoms with van der Waals surface area (Å²) in [5.74, 6) is -0.483. The molecule has 6 nitrogen and oxygen atoms in total. The van der Waals surface area contributed by atoms with Crippen LogP contribution in [-0.4, -0.2) is 30.1 Å². The van der Waals surface area contributed by atoms with Crippen LogP contribution in [-0.2, 0) is 14.3 Å². The third-order valence-electron chi connectivity index (χ3n) is 3.00. The highest BCUT2D eigenvalue weighted by Crippen LogP contribution is 2.19. The Balaban J connectivity index is 1.86. The van der Waals surface area contributed by atoms with E-state index in [4.69, 9.17) is 21.1 Å². The highest BCUT2D eigenvalue weighted by Gasteiger charge is 2.08. The number of halogens is 1. The predicted molar refractivity (Wildman–Crippen MR) is 95.5 cm³/mol. The number of nitrogens with zero attached hydrogens (tertiary/aromatic N) is 1. The first-order valence-electron chi connectivity index (χ1n) is 7.57. The van der Waals surface area contributed by atoms with Crippen LogP contribution in [0.2, 0.25) is 5.15 Å². The fourth-order valence-corrected chi connectivity index (χ4v) is 2.08. The lowest BCUT2D eigenvalue weighted by molar-refractivity contribution is -0.142. The van der Waals surface area contributed by atoms with Crippen molar-refractivity contribution in [3.8, 4) is 5.75 Å². The van der Waals surface area contributed by atoms with Gasteiger partial charge in [0.25, 0.3) is 5.91 Å². The molecule has 0 bridgehead atoms. The molecule has 0 unspecified atom stereocenters. The van der Waals surface area contributed by atoms with Gasteiger partial charge in [-0.2, -0.15) is 0 Å². The number of esters is 1. The number of benzene rings is 1. The average molecular weight is 361 g/mol. The second-order valence-electron chi connectivity index (χ2n) is 4.80. The maximum Gasteiger partial charge on any atom is 0.331 e. The third-order valence-corrected chi connectivity index (χ3v) is 3.30. The van der Waals surface area contributed by atoms with E-state index in [1.807, 2.05) is 25.1 Å². The zero-order chi connectivity index (χ0) is 18.1. The van der Waals surface area contributed by atoms with Gasteiger partial charge in [-0.25, -0.2) is 9.78 Å². The monoisotopic (exact) mass is 360 g/mol. The maximum absolute atomic E-state index is 11.8. The maximum atomic E-state index is 11.8. The molecule has 1 aromatic heterocycles. The molecule has 1 aromatic carbocycles. The molecule has 0 aliphatic heterocycles. The molecule has 0 atom stereocenters. The summed E-state index contributed by atoms with van der Waals surface area (Å²) in [7, 11) is 0. The highest BCUT2D eigenvalue weighted by molar-refractivity contribution is 6.32. The van der Waals surface area contributed by atoms with Crippen molar-refractivity contribution in [3.05, 3.63) is 59.4 Å². The van der Waals surface area contributed by atoms with E-state index in [-0.39, 0.29) is 5.15 Å². The average Bonchev–Trinajstić information content (AvgIpc) is 2.61. The number of hydrogen-bond acceptors (Lipinski definition) is 5. The van der Waals surface area contributed by atoms with Crippen LogP contribution in [0, 0.1) is 0 Å². The van der Waals surface area contributed by atoms with Gasteiger partial charge in [-0.05, 0) is 31.2 Å². The van der Waals surface area contributed by atoms with Crippen molar-refractivity contribution in [3.63, 3.8) is 0 Å². The Morgan fingerprint density at radius 1 is 1.24 bits per heavy atom. The minimum absolute atomic E-state index is 0.162.